The van der Waals surface area contributed by atoms with Crippen LogP contribution in [0.15, 0.2) is 18.2 Å². The first kappa shape index (κ1) is 14.9. The minimum absolute atomic E-state index is 0.126. The molecule has 0 bridgehead atoms. The van der Waals surface area contributed by atoms with E-state index in [2.05, 4.69) is 5.32 Å². The van der Waals surface area contributed by atoms with E-state index in [0.717, 1.165) is 40.2 Å². The molecule has 2 atom stereocenters. The highest BCUT2D eigenvalue weighted by atomic mass is 16.7. The Labute approximate surface area is 145 Å². The van der Waals surface area contributed by atoms with Crippen molar-refractivity contribution in [3.05, 3.63) is 34.9 Å². The van der Waals surface area contributed by atoms with Gasteiger partial charge in [-0.25, -0.2) is 0 Å². The Morgan fingerprint density at radius 3 is 2.68 bits per heavy atom. The number of β-amino-alcohol motifs (C(OH)–C–C–N with tert-alkyl or cyclic N) is 1. The second-order valence-electron chi connectivity index (χ2n) is 6.53. The minimum atomic E-state index is -0.569. The lowest BCUT2D eigenvalue weighted by molar-refractivity contribution is 0.156. The molecule has 2 aliphatic heterocycles. The standard InChI is InChI=1S/C19H19NO5/c1-22-16-6-11-13(21)7-20-12-3-9-4-14-15(25-8-24-14)5-10(9)18(17(11)12)19(16)23-2/h4-6,12-13,20-21H,3,7-8H2,1-2H3/t12-,13+/m0/s1. The van der Waals surface area contributed by atoms with Gasteiger partial charge in [-0.2, -0.15) is 0 Å². The third-order valence-electron chi connectivity index (χ3n) is 5.30. The van der Waals surface area contributed by atoms with E-state index < -0.39 is 6.10 Å². The van der Waals surface area contributed by atoms with E-state index in [9.17, 15) is 5.11 Å². The highest BCUT2D eigenvalue weighted by Gasteiger charge is 2.37. The Morgan fingerprint density at radius 2 is 1.92 bits per heavy atom. The molecule has 0 amide bonds. The van der Waals surface area contributed by atoms with Crippen LogP contribution in [0.1, 0.15) is 28.8 Å². The van der Waals surface area contributed by atoms with E-state index in [0.29, 0.717) is 18.0 Å². The van der Waals surface area contributed by atoms with Crippen molar-refractivity contribution >= 4 is 0 Å². The van der Waals surface area contributed by atoms with Crippen molar-refractivity contribution in [3.63, 3.8) is 0 Å². The third-order valence-corrected chi connectivity index (χ3v) is 5.30. The van der Waals surface area contributed by atoms with E-state index in [1.807, 2.05) is 18.2 Å². The molecule has 2 N–H and O–H groups in total. The molecule has 5 rings (SSSR count). The van der Waals surface area contributed by atoms with Crippen LogP contribution < -0.4 is 24.3 Å². The third kappa shape index (κ3) is 1.98. The number of ether oxygens (including phenoxy) is 4. The molecule has 1 aliphatic carbocycles. The molecule has 0 radical (unpaired) electrons. The Kier molecular flexibility index (Phi) is 3.14. The number of fused-ring (bicyclic) bond motifs is 3. The Balaban J connectivity index is 1.85. The summed E-state index contributed by atoms with van der Waals surface area (Å²) in [6, 6.07) is 6.08. The predicted octanol–water partition coefficient (Wildman–Crippen LogP) is 2.33. The normalized spacial score (nSPS) is 22.2. The molecule has 0 aromatic heterocycles. The lowest BCUT2D eigenvalue weighted by atomic mass is 9.76. The topological polar surface area (TPSA) is 69.2 Å². The van der Waals surface area contributed by atoms with Gasteiger partial charge in [0, 0.05) is 18.2 Å². The van der Waals surface area contributed by atoms with E-state index >= 15 is 0 Å². The number of hydrogen-bond acceptors (Lipinski definition) is 6. The smallest absolute Gasteiger partial charge is 0.231 e. The molecule has 2 heterocycles. The number of aliphatic hydroxyl groups excluding tert-OH is 1. The molecule has 25 heavy (non-hydrogen) atoms. The monoisotopic (exact) mass is 341 g/mol. The summed E-state index contributed by atoms with van der Waals surface area (Å²) in [7, 11) is 3.26. The fourth-order valence-electron chi connectivity index (χ4n) is 4.19. The van der Waals surface area contributed by atoms with Crippen LogP contribution in [0.5, 0.6) is 23.0 Å². The summed E-state index contributed by atoms with van der Waals surface area (Å²) >= 11 is 0. The van der Waals surface area contributed by atoms with Gasteiger partial charge in [0.1, 0.15) is 0 Å². The van der Waals surface area contributed by atoms with Crippen LogP contribution in [0, 0.1) is 0 Å². The summed E-state index contributed by atoms with van der Waals surface area (Å²) < 4.78 is 22.4. The number of aliphatic hydroxyl groups is 1. The minimum Gasteiger partial charge on any atom is -0.493 e. The predicted molar refractivity (Wildman–Crippen MR) is 90.5 cm³/mol. The Hall–Kier alpha value is -2.44. The Morgan fingerprint density at radius 1 is 1.12 bits per heavy atom. The molecule has 3 aliphatic rings. The second-order valence-corrected chi connectivity index (χ2v) is 6.53. The molecule has 0 fully saturated rings. The summed E-state index contributed by atoms with van der Waals surface area (Å²) in [4.78, 5) is 0. The SMILES string of the molecule is COc1cc2c3c(c1OC)-c1cc4c(cc1C[C@@H]3NC[C@H]2O)OCO4. The van der Waals surface area contributed by atoms with Crippen LogP contribution in [0.25, 0.3) is 11.1 Å². The number of benzene rings is 2. The molecule has 6 nitrogen and oxygen atoms in total. The molecule has 130 valence electrons. The molecule has 0 unspecified atom stereocenters. The van der Waals surface area contributed by atoms with Crippen LogP contribution in [0.2, 0.25) is 0 Å². The highest BCUT2D eigenvalue weighted by molar-refractivity contribution is 5.85. The van der Waals surface area contributed by atoms with E-state index in [4.69, 9.17) is 18.9 Å². The summed E-state index contributed by atoms with van der Waals surface area (Å²) in [6.07, 6.45) is 0.258. The molecule has 0 spiro atoms. The van der Waals surface area contributed by atoms with Crippen LogP contribution in [-0.4, -0.2) is 32.7 Å². The van der Waals surface area contributed by atoms with Crippen LogP contribution in [0.4, 0.5) is 0 Å². The number of rotatable bonds is 2. The summed E-state index contributed by atoms with van der Waals surface area (Å²) in [6.45, 7) is 0.762. The molecule has 0 saturated heterocycles. The van der Waals surface area contributed by atoms with Crippen molar-refractivity contribution in [2.75, 3.05) is 27.6 Å². The van der Waals surface area contributed by atoms with Gasteiger partial charge in [0.2, 0.25) is 6.79 Å². The number of hydrogen-bond donors (Lipinski definition) is 2. The zero-order valence-corrected chi connectivity index (χ0v) is 14.1. The highest BCUT2D eigenvalue weighted by Crippen LogP contribution is 2.54. The fraction of sp³-hybridized carbons (Fsp3) is 0.368. The average molecular weight is 341 g/mol. The zero-order chi connectivity index (χ0) is 17.1. The molecule has 6 heteroatoms. The summed E-state index contributed by atoms with van der Waals surface area (Å²) in [5, 5.41) is 14.0. The fourth-order valence-corrected chi connectivity index (χ4v) is 4.19. The lowest BCUT2D eigenvalue weighted by Gasteiger charge is -2.37. The maximum absolute atomic E-state index is 10.5. The van der Waals surface area contributed by atoms with Gasteiger partial charge in [-0.3, -0.25) is 0 Å². The largest absolute Gasteiger partial charge is 0.493 e. The van der Waals surface area contributed by atoms with Gasteiger partial charge in [0.25, 0.3) is 0 Å². The molecular formula is C19H19NO5. The van der Waals surface area contributed by atoms with Crippen molar-refractivity contribution in [3.8, 4) is 34.1 Å². The van der Waals surface area contributed by atoms with Gasteiger partial charge in [-0.1, -0.05) is 0 Å². The molecular weight excluding hydrogens is 322 g/mol. The van der Waals surface area contributed by atoms with Crippen LogP contribution in [-0.2, 0) is 6.42 Å². The van der Waals surface area contributed by atoms with Gasteiger partial charge in [0.15, 0.2) is 23.0 Å². The van der Waals surface area contributed by atoms with Crippen molar-refractivity contribution in [1.29, 1.82) is 0 Å². The van der Waals surface area contributed by atoms with E-state index in [1.165, 1.54) is 5.56 Å². The van der Waals surface area contributed by atoms with Crippen LogP contribution in [0.3, 0.4) is 0 Å². The van der Waals surface area contributed by atoms with Crippen LogP contribution >= 0.6 is 0 Å². The van der Waals surface area contributed by atoms with Gasteiger partial charge >= 0.3 is 0 Å². The zero-order valence-electron chi connectivity index (χ0n) is 14.1. The first-order valence-electron chi connectivity index (χ1n) is 8.34. The first-order valence-corrected chi connectivity index (χ1v) is 8.34. The van der Waals surface area contributed by atoms with E-state index in [1.54, 1.807) is 14.2 Å². The van der Waals surface area contributed by atoms with Crippen molar-refractivity contribution in [1.82, 2.24) is 5.32 Å². The van der Waals surface area contributed by atoms with Crippen molar-refractivity contribution in [2.24, 2.45) is 0 Å². The first-order chi connectivity index (χ1) is 12.2. The second kappa shape index (κ2) is 5.28. The summed E-state index contributed by atoms with van der Waals surface area (Å²) in [5.74, 6) is 2.82. The quantitative estimate of drug-likeness (QED) is 0.874. The molecule has 2 aromatic carbocycles. The lowest BCUT2D eigenvalue weighted by Crippen LogP contribution is -2.36. The molecule has 2 aromatic rings. The average Bonchev–Trinajstić information content (AvgIpc) is 3.09. The van der Waals surface area contributed by atoms with Gasteiger partial charge < -0.3 is 29.4 Å². The van der Waals surface area contributed by atoms with Crippen molar-refractivity contribution in [2.45, 2.75) is 18.6 Å². The number of methoxy groups -OCH3 is 2. The maximum Gasteiger partial charge on any atom is 0.231 e. The van der Waals surface area contributed by atoms with Gasteiger partial charge in [0.05, 0.1) is 20.3 Å². The van der Waals surface area contributed by atoms with Gasteiger partial charge in [-0.05, 0) is 46.9 Å². The van der Waals surface area contributed by atoms with Crippen molar-refractivity contribution < 1.29 is 24.1 Å². The molecule has 0 saturated carbocycles. The Bertz CT molecular complexity index is 879. The van der Waals surface area contributed by atoms with E-state index in [-0.39, 0.29) is 12.8 Å². The number of nitrogens with one attached hydrogen (secondary N) is 1. The van der Waals surface area contributed by atoms with Gasteiger partial charge in [-0.15, -0.1) is 0 Å². The summed E-state index contributed by atoms with van der Waals surface area (Å²) in [5.41, 5.74) is 5.17. The maximum atomic E-state index is 10.5.